The Labute approximate surface area is 227 Å². The summed E-state index contributed by atoms with van der Waals surface area (Å²) in [5, 5.41) is 24.4. The number of halogens is 1. The molecule has 4 atom stereocenters. The van der Waals surface area contributed by atoms with Gasteiger partial charge in [0.2, 0.25) is 14.3 Å². The molecule has 1 spiro atoms. The van der Waals surface area contributed by atoms with Gasteiger partial charge in [0, 0.05) is 54.5 Å². The van der Waals surface area contributed by atoms with E-state index < -0.39 is 42.4 Å². The van der Waals surface area contributed by atoms with Crippen LogP contribution in [0.4, 0.5) is 21.2 Å². The molecular formula is C27H33FN4O6Si. The number of aliphatic hydroxyl groups excluding tert-OH is 1. The maximum Gasteiger partial charge on any atom is 0.269 e. The molecule has 0 saturated carbocycles. The lowest BCUT2D eigenvalue weighted by Crippen LogP contribution is -2.48. The minimum atomic E-state index is -3.38. The van der Waals surface area contributed by atoms with Crippen molar-refractivity contribution in [3.05, 3.63) is 63.7 Å². The third-order valence-electron chi connectivity index (χ3n) is 8.22. The molecule has 208 valence electrons. The van der Waals surface area contributed by atoms with Gasteiger partial charge in [0.25, 0.3) is 11.6 Å². The van der Waals surface area contributed by atoms with Gasteiger partial charge in [0.15, 0.2) is 5.60 Å². The number of anilines is 2. The third kappa shape index (κ3) is 4.54. The van der Waals surface area contributed by atoms with Crippen LogP contribution in [-0.4, -0.2) is 62.6 Å². The Bertz CT molecular complexity index is 1320. The topological polar surface area (TPSA) is 125 Å². The Morgan fingerprint density at radius 1 is 1.26 bits per heavy atom. The molecule has 0 aliphatic carbocycles. The zero-order valence-electron chi connectivity index (χ0n) is 22.2. The normalized spacial score (nSPS) is 26.9. The highest BCUT2D eigenvalue weighted by molar-refractivity contribution is 6.72. The van der Waals surface area contributed by atoms with Crippen molar-refractivity contribution in [3.8, 4) is 0 Å². The van der Waals surface area contributed by atoms with Gasteiger partial charge in [0.05, 0.1) is 29.8 Å². The van der Waals surface area contributed by atoms with Crippen LogP contribution in [0.5, 0.6) is 0 Å². The van der Waals surface area contributed by atoms with Gasteiger partial charge in [-0.1, -0.05) is 19.1 Å². The van der Waals surface area contributed by atoms with Crippen LogP contribution in [-0.2, 0) is 26.5 Å². The molecule has 3 heterocycles. The number of piperazine rings is 1. The minimum absolute atomic E-state index is 0.0422. The van der Waals surface area contributed by atoms with Crippen LogP contribution >= 0.6 is 0 Å². The fourth-order valence-corrected chi connectivity index (χ4v) is 9.13. The molecule has 3 aliphatic rings. The maximum atomic E-state index is 15.7. The number of non-ortho nitro benzene ring substituents is 1. The first-order valence-corrected chi connectivity index (χ1v) is 16.1. The van der Waals surface area contributed by atoms with E-state index in [0.717, 1.165) is 11.3 Å². The van der Waals surface area contributed by atoms with Crippen molar-refractivity contribution in [2.75, 3.05) is 36.0 Å². The molecule has 2 amide bonds. The van der Waals surface area contributed by atoms with Crippen molar-refractivity contribution >= 4 is 37.3 Å². The largest absolute Gasteiger partial charge is 0.396 e. The quantitative estimate of drug-likeness (QED) is 0.232. The number of nitro groups is 1. The molecule has 39 heavy (non-hydrogen) atoms. The molecule has 2 N–H and O–H groups in total. The molecule has 0 unspecified atom stereocenters. The van der Waals surface area contributed by atoms with Crippen molar-refractivity contribution in [1.82, 2.24) is 5.32 Å². The summed E-state index contributed by atoms with van der Waals surface area (Å²) in [7, 11) is -3.38. The summed E-state index contributed by atoms with van der Waals surface area (Å²) in [6, 6.07) is 11.7. The molecule has 2 aromatic rings. The fraction of sp³-hybridized carbons (Fsp3) is 0.481. The van der Waals surface area contributed by atoms with Crippen LogP contribution in [0.2, 0.25) is 18.6 Å². The Morgan fingerprint density at radius 2 is 2.03 bits per heavy atom. The van der Waals surface area contributed by atoms with Gasteiger partial charge in [-0.25, -0.2) is 0 Å². The van der Waals surface area contributed by atoms with Gasteiger partial charge >= 0.3 is 0 Å². The van der Waals surface area contributed by atoms with E-state index in [4.69, 9.17) is 4.74 Å². The number of aliphatic hydroxyl groups is 1. The number of fused-ring (bicyclic) bond motifs is 2. The van der Waals surface area contributed by atoms with Gasteiger partial charge < -0.3 is 29.1 Å². The standard InChI is InChI=1S/C27H33FN4O6Si/c1-17-25(39(2,3)28)23(9-12-33)38-27(17)21-14-20(32(36)37)7-8-22(21)31(26(27)35)16-18-5-4-6-19(13-18)30-11-10-29-15-24(30)34/h4-8,13-14,17,23,25,29,33H,9-12,15-16H2,1-3H3/t17-,23+,25-,27+/m0/s1. The number of hydrogen-bond donors (Lipinski definition) is 2. The fourth-order valence-electron chi connectivity index (χ4n) is 6.59. The number of carbonyl (C=O) groups is 2. The molecule has 3 aliphatic heterocycles. The van der Waals surface area contributed by atoms with Gasteiger partial charge in [-0.15, -0.1) is 0 Å². The maximum absolute atomic E-state index is 15.7. The number of rotatable bonds is 7. The third-order valence-corrected chi connectivity index (χ3v) is 10.7. The van der Waals surface area contributed by atoms with Crippen LogP contribution in [0, 0.1) is 16.0 Å². The van der Waals surface area contributed by atoms with Crippen LogP contribution in [0.1, 0.15) is 24.5 Å². The van der Waals surface area contributed by atoms with Crippen LogP contribution in [0.3, 0.4) is 0 Å². The van der Waals surface area contributed by atoms with Gasteiger partial charge in [-0.3, -0.25) is 19.7 Å². The smallest absolute Gasteiger partial charge is 0.269 e. The molecule has 2 fully saturated rings. The monoisotopic (exact) mass is 556 g/mol. The van der Waals surface area contributed by atoms with E-state index in [1.54, 1.807) is 35.9 Å². The second-order valence-electron chi connectivity index (χ2n) is 11.0. The van der Waals surface area contributed by atoms with Crippen molar-refractivity contribution in [2.45, 2.75) is 50.2 Å². The molecular weight excluding hydrogens is 523 g/mol. The summed E-state index contributed by atoms with van der Waals surface area (Å²) in [5.74, 6) is -1.05. The predicted molar refractivity (Wildman–Crippen MR) is 146 cm³/mol. The SMILES string of the molecule is C[C@H]1[C@H]([Si](C)(C)F)[C@@H](CCO)O[C@]12C(=O)N(Cc1cccc(N3CCNCC3=O)c1)c1ccc([N+](=O)[O-])cc12. The van der Waals surface area contributed by atoms with Crippen molar-refractivity contribution in [3.63, 3.8) is 0 Å². The number of nitrogens with one attached hydrogen (secondary N) is 1. The van der Waals surface area contributed by atoms with Crippen molar-refractivity contribution in [1.29, 1.82) is 0 Å². The Morgan fingerprint density at radius 3 is 2.69 bits per heavy atom. The molecule has 0 bridgehead atoms. The van der Waals surface area contributed by atoms with E-state index in [2.05, 4.69) is 5.32 Å². The average molecular weight is 557 g/mol. The van der Waals surface area contributed by atoms with Crippen molar-refractivity contribution in [2.24, 2.45) is 5.92 Å². The molecule has 0 radical (unpaired) electrons. The van der Waals surface area contributed by atoms with Crippen LogP contribution in [0.25, 0.3) is 0 Å². The van der Waals surface area contributed by atoms with E-state index in [9.17, 15) is 24.8 Å². The second kappa shape index (κ2) is 10.1. The summed E-state index contributed by atoms with van der Waals surface area (Å²) < 4.78 is 22.1. The Hall–Kier alpha value is -3.19. The van der Waals surface area contributed by atoms with Gasteiger partial charge in [-0.05, 0) is 43.3 Å². The molecule has 2 saturated heterocycles. The zero-order valence-corrected chi connectivity index (χ0v) is 23.2. The zero-order chi connectivity index (χ0) is 28.1. The number of nitrogens with zero attached hydrogens (tertiary/aromatic N) is 3. The molecule has 10 nitrogen and oxygen atoms in total. The first kappa shape index (κ1) is 27.4. The number of carbonyl (C=O) groups excluding carboxylic acids is 2. The highest BCUT2D eigenvalue weighted by Crippen LogP contribution is 2.60. The molecule has 0 aromatic heterocycles. The minimum Gasteiger partial charge on any atom is -0.396 e. The van der Waals surface area contributed by atoms with Crippen LogP contribution in [0.15, 0.2) is 42.5 Å². The van der Waals surface area contributed by atoms with E-state index in [0.29, 0.717) is 24.3 Å². The summed E-state index contributed by atoms with van der Waals surface area (Å²) >= 11 is 0. The summed E-state index contributed by atoms with van der Waals surface area (Å²) in [6.45, 7) is 6.27. The lowest BCUT2D eigenvalue weighted by Gasteiger charge is -2.31. The highest BCUT2D eigenvalue weighted by atomic mass is 28.4. The number of benzene rings is 2. The molecule has 5 rings (SSSR count). The molecule has 2 aromatic carbocycles. The first-order valence-electron chi connectivity index (χ1n) is 13.2. The predicted octanol–water partition coefficient (Wildman–Crippen LogP) is 3.24. The Kier molecular flexibility index (Phi) is 7.08. The van der Waals surface area contributed by atoms with E-state index in [-0.39, 0.29) is 37.7 Å². The number of amides is 2. The Balaban J connectivity index is 1.57. The van der Waals surface area contributed by atoms with Gasteiger partial charge in [-0.2, -0.15) is 0 Å². The van der Waals surface area contributed by atoms with Crippen molar-refractivity contribution < 1.29 is 28.5 Å². The second-order valence-corrected chi connectivity index (χ2v) is 14.8. The number of hydrogen-bond acceptors (Lipinski definition) is 7. The lowest BCUT2D eigenvalue weighted by atomic mass is 9.82. The van der Waals surface area contributed by atoms with E-state index >= 15 is 4.11 Å². The summed E-state index contributed by atoms with van der Waals surface area (Å²) in [5.41, 5.74) is -0.0617. The number of nitro benzene ring substituents is 1. The highest BCUT2D eigenvalue weighted by Gasteiger charge is 2.66. The lowest BCUT2D eigenvalue weighted by molar-refractivity contribution is -0.385. The van der Waals surface area contributed by atoms with E-state index in [1.165, 1.54) is 12.1 Å². The van der Waals surface area contributed by atoms with Crippen LogP contribution < -0.4 is 15.1 Å². The first-order chi connectivity index (χ1) is 18.5. The summed E-state index contributed by atoms with van der Waals surface area (Å²) in [4.78, 5) is 41.2. The summed E-state index contributed by atoms with van der Waals surface area (Å²) in [6.07, 6.45) is -0.537. The van der Waals surface area contributed by atoms with E-state index in [1.807, 2.05) is 24.3 Å². The van der Waals surface area contributed by atoms with Gasteiger partial charge in [0.1, 0.15) is 0 Å². The average Bonchev–Trinajstić information content (AvgIpc) is 3.31. The number of ether oxygens (including phenoxy) is 1. The molecule has 12 heteroatoms.